The van der Waals surface area contributed by atoms with Crippen LogP contribution in [0.1, 0.15) is 39.5 Å². The number of aliphatic hydroxyl groups excluding tert-OH is 1. The van der Waals surface area contributed by atoms with Crippen molar-refractivity contribution in [2.75, 3.05) is 13.2 Å². The summed E-state index contributed by atoms with van der Waals surface area (Å²) in [6.07, 6.45) is 0.822. The summed E-state index contributed by atoms with van der Waals surface area (Å²) < 4.78 is 0. The minimum absolute atomic E-state index is 0.101. The number of nitrogens with zero attached hydrogens (tertiary/aromatic N) is 1. The van der Waals surface area contributed by atoms with Crippen LogP contribution in [0.4, 0.5) is 4.79 Å². The van der Waals surface area contributed by atoms with Gasteiger partial charge in [0.1, 0.15) is 6.04 Å². The third-order valence-electron chi connectivity index (χ3n) is 3.23. The van der Waals surface area contributed by atoms with Gasteiger partial charge >= 0.3 is 18.0 Å². The van der Waals surface area contributed by atoms with Crippen molar-refractivity contribution < 1.29 is 29.7 Å². The lowest BCUT2D eigenvalue weighted by Crippen LogP contribution is -2.52. The molecule has 0 saturated carbocycles. The molecule has 122 valence electrons. The van der Waals surface area contributed by atoms with Gasteiger partial charge in [-0.2, -0.15) is 0 Å². The van der Waals surface area contributed by atoms with Gasteiger partial charge in [0.05, 0.1) is 6.61 Å². The van der Waals surface area contributed by atoms with Crippen molar-refractivity contribution >= 4 is 18.0 Å². The van der Waals surface area contributed by atoms with E-state index in [-0.39, 0.29) is 32.0 Å². The largest absolute Gasteiger partial charge is 0.481 e. The molecule has 21 heavy (non-hydrogen) atoms. The van der Waals surface area contributed by atoms with E-state index in [4.69, 9.17) is 15.3 Å². The summed E-state index contributed by atoms with van der Waals surface area (Å²) in [6.45, 7) is 3.66. The van der Waals surface area contributed by atoms with Gasteiger partial charge in [-0.1, -0.05) is 13.8 Å². The lowest BCUT2D eigenvalue weighted by atomic mass is 10.1. The molecule has 0 aliphatic heterocycles. The Morgan fingerprint density at radius 3 is 2.10 bits per heavy atom. The number of carbonyl (C=O) groups excluding carboxylic acids is 1. The van der Waals surface area contributed by atoms with Crippen molar-refractivity contribution in [1.29, 1.82) is 0 Å². The first kappa shape index (κ1) is 19.2. The monoisotopic (exact) mass is 304 g/mol. The van der Waals surface area contributed by atoms with E-state index in [2.05, 4.69) is 5.32 Å². The fourth-order valence-corrected chi connectivity index (χ4v) is 2.04. The van der Waals surface area contributed by atoms with Crippen LogP contribution in [0.25, 0.3) is 0 Å². The Hall–Kier alpha value is -1.83. The number of aliphatic hydroxyl groups is 1. The first-order valence-corrected chi connectivity index (χ1v) is 6.99. The highest BCUT2D eigenvalue weighted by atomic mass is 16.4. The SMILES string of the molecule is CCC(CC)N(CCO)C(=O)N[C@@H](CCC(=O)O)C(=O)O. The molecule has 0 rings (SSSR count). The van der Waals surface area contributed by atoms with E-state index in [1.807, 2.05) is 13.8 Å². The molecule has 0 fully saturated rings. The summed E-state index contributed by atoms with van der Waals surface area (Å²) in [5.74, 6) is -2.40. The van der Waals surface area contributed by atoms with Crippen LogP contribution >= 0.6 is 0 Å². The second-order valence-corrected chi connectivity index (χ2v) is 4.66. The van der Waals surface area contributed by atoms with Crippen molar-refractivity contribution in [1.82, 2.24) is 10.2 Å². The number of carboxylic acids is 2. The van der Waals surface area contributed by atoms with E-state index in [1.54, 1.807) is 0 Å². The van der Waals surface area contributed by atoms with E-state index >= 15 is 0 Å². The van der Waals surface area contributed by atoms with Crippen LogP contribution in [-0.4, -0.2) is 63.4 Å². The number of urea groups is 1. The molecule has 8 nitrogen and oxygen atoms in total. The Morgan fingerprint density at radius 1 is 1.14 bits per heavy atom. The van der Waals surface area contributed by atoms with Crippen molar-refractivity contribution in [3.05, 3.63) is 0 Å². The van der Waals surface area contributed by atoms with Crippen LogP contribution in [0.2, 0.25) is 0 Å². The average molecular weight is 304 g/mol. The molecule has 0 aliphatic rings. The van der Waals surface area contributed by atoms with Crippen LogP contribution < -0.4 is 5.32 Å². The van der Waals surface area contributed by atoms with Crippen molar-refractivity contribution in [3.8, 4) is 0 Å². The van der Waals surface area contributed by atoms with E-state index in [9.17, 15) is 14.4 Å². The van der Waals surface area contributed by atoms with Crippen LogP contribution in [-0.2, 0) is 9.59 Å². The zero-order chi connectivity index (χ0) is 16.4. The zero-order valence-corrected chi connectivity index (χ0v) is 12.4. The molecular weight excluding hydrogens is 280 g/mol. The molecule has 4 N–H and O–H groups in total. The van der Waals surface area contributed by atoms with Gasteiger partial charge in [-0.3, -0.25) is 4.79 Å². The first-order chi connectivity index (χ1) is 9.87. The molecule has 0 saturated heterocycles. The van der Waals surface area contributed by atoms with E-state index < -0.39 is 24.0 Å². The molecule has 0 aromatic heterocycles. The van der Waals surface area contributed by atoms with Crippen LogP contribution in [0.3, 0.4) is 0 Å². The molecule has 2 amide bonds. The molecular formula is C13H24N2O6. The summed E-state index contributed by atoms with van der Waals surface area (Å²) in [6, 6.07) is -1.97. The predicted octanol–water partition coefficient (Wildman–Crippen LogP) is 0.497. The third kappa shape index (κ3) is 6.94. The highest BCUT2D eigenvalue weighted by Crippen LogP contribution is 2.09. The summed E-state index contributed by atoms with van der Waals surface area (Å²) in [4.78, 5) is 35.1. The zero-order valence-electron chi connectivity index (χ0n) is 12.4. The number of hydrogen-bond acceptors (Lipinski definition) is 4. The Labute approximate surface area is 123 Å². The Morgan fingerprint density at radius 2 is 1.71 bits per heavy atom. The molecule has 8 heteroatoms. The second-order valence-electron chi connectivity index (χ2n) is 4.66. The highest BCUT2D eigenvalue weighted by Gasteiger charge is 2.26. The quantitative estimate of drug-likeness (QED) is 0.465. The lowest BCUT2D eigenvalue weighted by molar-refractivity contribution is -0.140. The van der Waals surface area contributed by atoms with Crippen LogP contribution in [0, 0.1) is 0 Å². The lowest BCUT2D eigenvalue weighted by Gasteiger charge is -2.31. The molecule has 0 spiro atoms. The standard InChI is InChI=1S/C13H24N2O6/c1-3-9(4-2)15(7-8-16)13(21)14-10(12(19)20)5-6-11(17)18/h9-10,16H,3-8H2,1-2H3,(H,14,21)(H,17,18)(H,19,20)/t10-/m0/s1. The van der Waals surface area contributed by atoms with Gasteiger partial charge in [-0.15, -0.1) is 0 Å². The van der Waals surface area contributed by atoms with Gasteiger partial charge in [0.2, 0.25) is 0 Å². The van der Waals surface area contributed by atoms with Crippen LogP contribution in [0.5, 0.6) is 0 Å². The van der Waals surface area contributed by atoms with E-state index in [1.165, 1.54) is 4.90 Å². The highest BCUT2D eigenvalue weighted by molar-refractivity contribution is 5.83. The van der Waals surface area contributed by atoms with Gasteiger partial charge in [0.25, 0.3) is 0 Å². The second kappa shape index (κ2) is 9.98. The topological polar surface area (TPSA) is 127 Å². The number of hydrogen-bond donors (Lipinski definition) is 4. The molecule has 1 atom stereocenters. The van der Waals surface area contributed by atoms with Gasteiger partial charge in [-0.25, -0.2) is 9.59 Å². The fourth-order valence-electron chi connectivity index (χ4n) is 2.04. The summed E-state index contributed by atoms with van der Waals surface area (Å²) >= 11 is 0. The van der Waals surface area contributed by atoms with Crippen molar-refractivity contribution in [2.24, 2.45) is 0 Å². The molecule has 0 bridgehead atoms. The minimum Gasteiger partial charge on any atom is -0.481 e. The number of carbonyl (C=O) groups is 3. The van der Waals surface area contributed by atoms with Gasteiger partial charge in [-0.05, 0) is 19.3 Å². The number of amides is 2. The summed E-state index contributed by atoms with van der Waals surface area (Å²) in [5, 5.41) is 29.0. The molecule has 0 aromatic rings. The summed E-state index contributed by atoms with van der Waals surface area (Å²) in [7, 11) is 0. The Bertz CT molecular complexity index is 357. The first-order valence-electron chi connectivity index (χ1n) is 6.99. The maximum absolute atomic E-state index is 12.1. The Balaban J connectivity index is 4.81. The molecule has 0 aromatic carbocycles. The van der Waals surface area contributed by atoms with Crippen LogP contribution in [0.15, 0.2) is 0 Å². The molecule has 0 radical (unpaired) electrons. The number of aliphatic carboxylic acids is 2. The van der Waals surface area contributed by atoms with Gasteiger partial charge in [0, 0.05) is 19.0 Å². The smallest absolute Gasteiger partial charge is 0.326 e. The summed E-state index contributed by atoms with van der Waals surface area (Å²) in [5.41, 5.74) is 0. The minimum atomic E-state index is -1.28. The fraction of sp³-hybridized carbons (Fsp3) is 0.769. The third-order valence-corrected chi connectivity index (χ3v) is 3.23. The van der Waals surface area contributed by atoms with Gasteiger partial charge in [0.15, 0.2) is 0 Å². The molecule has 0 heterocycles. The molecule has 0 aliphatic carbocycles. The van der Waals surface area contributed by atoms with E-state index in [0.717, 1.165) is 0 Å². The normalized spacial score (nSPS) is 12.0. The van der Waals surface area contributed by atoms with Gasteiger partial charge < -0.3 is 25.5 Å². The number of nitrogens with one attached hydrogen (secondary N) is 1. The predicted molar refractivity (Wildman–Crippen MR) is 75.0 cm³/mol. The number of rotatable bonds is 10. The maximum atomic E-state index is 12.1. The van der Waals surface area contributed by atoms with E-state index in [0.29, 0.717) is 12.8 Å². The van der Waals surface area contributed by atoms with Crippen molar-refractivity contribution in [3.63, 3.8) is 0 Å². The average Bonchev–Trinajstić information content (AvgIpc) is 2.42. The molecule has 0 unspecified atom stereocenters. The van der Waals surface area contributed by atoms with Crippen molar-refractivity contribution in [2.45, 2.75) is 51.6 Å². The number of carboxylic acid groups (broad SMARTS) is 2. The maximum Gasteiger partial charge on any atom is 0.326 e. The Kier molecular flexibility index (Phi) is 9.11.